The molecule has 0 saturated carbocycles. The van der Waals surface area contributed by atoms with Crippen LogP contribution in [0.2, 0.25) is 0 Å². The molecule has 1 aromatic carbocycles. The molecule has 0 bridgehead atoms. The summed E-state index contributed by atoms with van der Waals surface area (Å²) in [4.78, 5) is 16.2. The van der Waals surface area contributed by atoms with Crippen LogP contribution < -0.4 is 10.6 Å². The number of aryl methyl sites for hydroxylation is 1. The van der Waals surface area contributed by atoms with Crippen LogP contribution >= 0.6 is 0 Å². The van der Waals surface area contributed by atoms with E-state index in [1.165, 1.54) is 0 Å². The minimum absolute atomic E-state index is 0.0135. The van der Waals surface area contributed by atoms with E-state index in [2.05, 4.69) is 15.6 Å². The normalized spacial score (nSPS) is 10.7. The van der Waals surface area contributed by atoms with Crippen LogP contribution in [0.25, 0.3) is 16.9 Å². The van der Waals surface area contributed by atoms with Crippen molar-refractivity contribution in [3.63, 3.8) is 0 Å². The molecule has 0 aliphatic heterocycles. The predicted octanol–water partition coefficient (Wildman–Crippen LogP) is 3.16. The SMILES string of the molecule is CCNC(=O)Nc1cc(-c2cn3cc(C)ccc3n2)ccc1O. The fraction of sp³-hybridized carbons (Fsp3) is 0.176. The zero-order valence-corrected chi connectivity index (χ0v) is 13.0. The third-order valence-corrected chi connectivity index (χ3v) is 3.48. The van der Waals surface area contributed by atoms with Crippen LogP contribution in [0, 0.1) is 6.92 Å². The van der Waals surface area contributed by atoms with Gasteiger partial charge in [-0.3, -0.25) is 0 Å². The minimum atomic E-state index is -0.356. The molecule has 2 aromatic heterocycles. The number of phenolic OH excluding ortho intramolecular Hbond substituents is 1. The van der Waals surface area contributed by atoms with Crippen LogP contribution in [0.1, 0.15) is 12.5 Å². The molecule has 3 rings (SSSR count). The van der Waals surface area contributed by atoms with Crippen LogP contribution in [0.4, 0.5) is 10.5 Å². The number of carbonyl (C=O) groups excluding carboxylic acids is 1. The van der Waals surface area contributed by atoms with Gasteiger partial charge in [-0.2, -0.15) is 0 Å². The van der Waals surface area contributed by atoms with Crippen LogP contribution in [0.3, 0.4) is 0 Å². The summed E-state index contributed by atoms with van der Waals surface area (Å²) in [5.74, 6) is 0.0135. The highest BCUT2D eigenvalue weighted by Crippen LogP contribution is 2.29. The molecule has 0 radical (unpaired) electrons. The standard InChI is InChI=1S/C17H18N4O2/c1-3-18-17(23)20-13-8-12(5-6-15(13)22)14-10-21-9-11(2)4-7-16(21)19-14/h4-10,22H,3H2,1-2H3,(H2,18,20,23). The monoisotopic (exact) mass is 310 g/mol. The van der Waals surface area contributed by atoms with E-state index < -0.39 is 0 Å². The van der Waals surface area contributed by atoms with Crippen LogP contribution in [0.15, 0.2) is 42.7 Å². The molecule has 3 aromatic rings. The fourth-order valence-corrected chi connectivity index (χ4v) is 2.36. The Morgan fingerprint density at radius 3 is 2.87 bits per heavy atom. The number of aromatic nitrogens is 2. The zero-order valence-electron chi connectivity index (χ0n) is 13.0. The third-order valence-electron chi connectivity index (χ3n) is 3.48. The highest BCUT2D eigenvalue weighted by Gasteiger charge is 2.10. The molecule has 0 saturated heterocycles. The molecule has 6 nitrogen and oxygen atoms in total. The second-order valence-corrected chi connectivity index (χ2v) is 5.31. The van der Waals surface area contributed by atoms with E-state index in [9.17, 15) is 9.90 Å². The van der Waals surface area contributed by atoms with Gasteiger partial charge < -0.3 is 20.1 Å². The lowest BCUT2D eigenvalue weighted by Gasteiger charge is -2.09. The first-order valence-electron chi connectivity index (χ1n) is 7.40. The molecular formula is C17H18N4O2. The van der Waals surface area contributed by atoms with E-state index in [1.54, 1.807) is 18.2 Å². The number of amides is 2. The summed E-state index contributed by atoms with van der Waals surface area (Å²) in [7, 11) is 0. The van der Waals surface area contributed by atoms with Crippen molar-refractivity contribution in [2.45, 2.75) is 13.8 Å². The molecule has 3 N–H and O–H groups in total. The van der Waals surface area contributed by atoms with Crippen molar-refractivity contribution in [2.24, 2.45) is 0 Å². The summed E-state index contributed by atoms with van der Waals surface area (Å²) in [6, 6.07) is 8.63. The van der Waals surface area contributed by atoms with E-state index in [-0.39, 0.29) is 11.8 Å². The summed E-state index contributed by atoms with van der Waals surface area (Å²) < 4.78 is 1.95. The van der Waals surface area contributed by atoms with Gasteiger partial charge in [0.15, 0.2) is 0 Å². The van der Waals surface area contributed by atoms with Crippen LogP contribution in [-0.2, 0) is 0 Å². The maximum absolute atomic E-state index is 11.6. The number of nitrogens with zero attached hydrogens (tertiary/aromatic N) is 2. The number of hydrogen-bond donors (Lipinski definition) is 3. The Balaban J connectivity index is 1.96. The van der Waals surface area contributed by atoms with Gasteiger partial charge in [-0.25, -0.2) is 9.78 Å². The second-order valence-electron chi connectivity index (χ2n) is 5.31. The number of benzene rings is 1. The summed E-state index contributed by atoms with van der Waals surface area (Å²) in [5, 5.41) is 15.2. The van der Waals surface area contributed by atoms with Gasteiger partial charge in [0.1, 0.15) is 11.4 Å². The molecule has 118 valence electrons. The molecule has 0 fully saturated rings. The van der Waals surface area contributed by atoms with Gasteiger partial charge >= 0.3 is 6.03 Å². The molecule has 23 heavy (non-hydrogen) atoms. The quantitative estimate of drug-likeness (QED) is 0.650. The minimum Gasteiger partial charge on any atom is -0.506 e. The van der Waals surface area contributed by atoms with E-state index in [4.69, 9.17) is 0 Å². The summed E-state index contributed by atoms with van der Waals surface area (Å²) >= 11 is 0. The van der Waals surface area contributed by atoms with Crippen molar-refractivity contribution in [1.82, 2.24) is 14.7 Å². The maximum Gasteiger partial charge on any atom is 0.319 e. The molecule has 0 atom stereocenters. The Hall–Kier alpha value is -3.02. The van der Waals surface area contributed by atoms with Gasteiger partial charge in [-0.1, -0.05) is 6.07 Å². The topological polar surface area (TPSA) is 78.7 Å². The number of aromatic hydroxyl groups is 1. The number of nitrogens with one attached hydrogen (secondary N) is 2. The van der Waals surface area contributed by atoms with Gasteiger partial charge in [0.05, 0.1) is 11.4 Å². The van der Waals surface area contributed by atoms with Crippen molar-refractivity contribution in [3.05, 3.63) is 48.3 Å². The lowest BCUT2D eigenvalue weighted by Crippen LogP contribution is -2.28. The molecule has 0 aliphatic carbocycles. The Morgan fingerprint density at radius 2 is 2.09 bits per heavy atom. The molecule has 0 aliphatic rings. The van der Waals surface area contributed by atoms with Crippen molar-refractivity contribution >= 4 is 17.4 Å². The van der Waals surface area contributed by atoms with Crippen molar-refractivity contribution < 1.29 is 9.90 Å². The van der Waals surface area contributed by atoms with E-state index in [1.807, 2.05) is 42.8 Å². The van der Waals surface area contributed by atoms with Crippen LogP contribution in [-0.4, -0.2) is 27.1 Å². The van der Waals surface area contributed by atoms with Crippen molar-refractivity contribution in [1.29, 1.82) is 0 Å². The summed E-state index contributed by atoms with van der Waals surface area (Å²) in [6.45, 7) is 4.36. The highest BCUT2D eigenvalue weighted by atomic mass is 16.3. The Bertz CT molecular complexity index is 870. The van der Waals surface area contributed by atoms with E-state index >= 15 is 0 Å². The van der Waals surface area contributed by atoms with E-state index in [0.29, 0.717) is 12.2 Å². The Morgan fingerprint density at radius 1 is 1.26 bits per heavy atom. The largest absolute Gasteiger partial charge is 0.506 e. The number of imidazole rings is 1. The van der Waals surface area contributed by atoms with Gasteiger partial charge in [0.25, 0.3) is 0 Å². The lowest BCUT2D eigenvalue weighted by atomic mass is 10.1. The number of phenols is 1. The van der Waals surface area contributed by atoms with Gasteiger partial charge in [-0.05, 0) is 43.7 Å². The second kappa shape index (κ2) is 6.00. The number of pyridine rings is 1. The van der Waals surface area contributed by atoms with Gasteiger partial charge in [0.2, 0.25) is 0 Å². The summed E-state index contributed by atoms with van der Waals surface area (Å²) in [5.41, 5.74) is 3.93. The smallest absolute Gasteiger partial charge is 0.319 e. The number of rotatable bonds is 3. The first-order chi connectivity index (χ1) is 11.1. The number of carbonyl (C=O) groups is 1. The van der Waals surface area contributed by atoms with Crippen molar-refractivity contribution in [3.8, 4) is 17.0 Å². The van der Waals surface area contributed by atoms with Crippen LogP contribution in [0.5, 0.6) is 5.75 Å². The number of hydrogen-bond acceptors (Lipinski definition) is 3. The van der Waals surface area contributed by atoms with Gasteiger partial charge in [0, 0.05) is 24.5 Å². The van der Waals surface area contributed by atoms with Crippen molar-refractivity contribution in [2.75, 3.05) is 11.9 Å². The summed E-state index contributed by atoms with van der Waals surface area (Å²) in [6.07, 6.45) is 3.92. The molecular weight excluding hydrogens is 292 g/mol. The van der Waals surface area contributed by atoms with E-state index in [0.717, 1.165) is 22.5 Å². The lowest BCUT2D eigenvalue weighted by molar-refractivity contribution is 0.252. The predicted molar refractivity (Wildman–Crippen MR) is 89.7 cm³/mol. The van der Waals surface area contributed by atoms with Gasteiger partial charge in [-0.15, -0.1) is 0 Å². The third kappa shape index (κ3) is 3.11. The first kappa shape index (κ1) is 14.9. The Kier molecular flexibility index (Phi) is 3.89. The molecule has 0 unspecified atom stereocenters. The molecule has 6 heteroatoms. The first-order valence-corrected chi connectivity index (χ1v) is 7.40. The average molecular weight is 310 g/mol. The molecule has 0 spiro atoms. The number of fused-ring (bicyclic) bond motifs is 1. The number of anilines is 1. The average Bonchev–Trinajstić information content (AvgIpc) is 2.92. The highest BCUT2D eigenvalue weighted by molar-refractivity contribution is 5.91. The maximum atomic E-state index is 11.6. The molecule has 2 amide bonds. The Labute approximate surface area is 133 Å². The zero-order chi connectivity index (χ0) is 16.4. The molecule has 2 heterocycles. The number of urea groups is 1. The fourth-order valence-electron chi connectivity index (χ4n) is 2.36.